The molecule has 4 nitrogen and oxygen atoms in total. The van der Waals surface area contributed by atoms with Crippen LogP contribution in [0.4, 0.5) is 13.6 Å². The number of nitrogens with one attached hydrogen (secondary N) is 2. The fourth-order valence-electron chi connectivity index (χ4n) is 2.35. The van der Waals surface area contributed by atoms with Gasteiger partial charge in [-0.1, -0.05) is 24.3 Å². The van der Waals surface area contributed by atoms with Gasteiger partial charge in [0.1, 0.15) is 11.6 Å². The number of halogens is 2. The third-order valence-corrected chi connectivity index (χ3v) is 3.68. The summed E-state index contributed by atoms with van der Waals surface area (Å²) in [5.74, 6) is -0.618. The number of hydrogen-bond donors (Lipinski definition) is 2. The van der Waals surface area contributed by atoms with Crippen molar-refractivity contribution in [2.24, 2.45) is 0 Å². The van der Waals surface area contributed by atoms with E-state index in [1.807, 2.05) is 25.1 Å². The molecule has 1 atom stereocenters. The van der Waals surface area contributed by atoms with E-state index in [1.165, 1.54) is 24.3 Å². The van der Waals surface area contributed by atoms with Gasteiger partial charge in [0, 0.05) is 13.1 Å². The molecular weight excluding hydrogens is 312 g/mol. The molecule has 1 unspecified atom stereocenters. The van der Waals surface area contributed by atoms with Crippen LogP contribution < -0.4 is 10.6 Å². The van der Waals surface area contributed by atoms with E-state index in [1.54, 1.807) is 18.2 Å². The molecule has 0 saturated heterocycles. The summed E-state index contributed by atoms with van der Waals surface area (Å²) in [6.07, 6.45) is 0. The van der Waals surface area contributed by atoms with Crippen molar-refractivity contribution in [3.05, 3.63) is 71.3 Å². The van der Waals surface area contributed by atoms with Crippen LogP contribution in [0.5, 0.6) is 0 Å². The zero-order valence-electron chi connectivity index (χ0n) is 13.7. The Balaban J connectivity index is 1.87. The van der Waals surface area contributed by atoms with Crippen molar-refractivity contribution < 1.29 is 13.6 Å². The molecule has 2 amide bonds. The molecule has 0 aromatic heterocycles. The third kappa shape index (κ3) is 5.31. The van der Waals surface area contributed by atoms with Crippen LogP contribution in [0.2, 0.25) is 0 Å². The summed E-state index contributed by atoms with van der Waals surface area (Å²) in [6.45, 7) is 0.643. The molecule has 2 aromatic carbocycles. The van der Waals surface area contributed by atoms with Gasteiger partial charge in [-0.25, -0.2) is 13.6 Å². The lowest BCUT2D eigenvalue weighted by Crippen LogP contribution is -2.40. The van der Waals surface area contributed by atoms with Crippen molar-refractivity contribution in [3.8, 4) is 0 Å². The second-order valence-electron chi connectivity index (χ2n) is 5.72. The maximum atomic E-state index is 13.4. The van der Waals surface area contributed by atoms with Crippen molar-refractivity contribution in [1.29, 1.82) is 0 Å². The Kier molecular flexibility index (Phi) is 6.26. The highest BCUT2D eigenvalue weighted by molar-refractivity contribution is 5.73. The molecule has 0 spiro atoms. The van der Waals surface area contributed by atoms with Gasteiger partial charge in [-0.3, -0.25) is 0 Å². The molecular formula is C18H21F2N3O. The van der Waals surface area contributed by atoms with E-state index < -0.39 is 0 Å². The average Bonchev–Trinajstić information content (AvgIpc) is 2.54. The molecule has 24 heavy (non-hydrogen) atoms. The molecule has 0 aliphatic heterocycles. The van der Waals surface area contributed by atoms with Crippen molar-refractivity contribution in [1.82, 2.24) is 15.5 Å². The predicted molar refractivity (Wildman–Crippen MR) is 89.5 cm³/mol. The zero-order chi connectivity index (χ0) is 17.5. The van der Waals surface area contributed by atoms with Crippen LogP contribution in [0.15, 0.2) is 48.5 Å². The summed E-state index contributed by atoms with van der Waals surface area (Å²) in [6, 6.07) is 11.8. The van der Waals surface area contributed by atoms with Gasteiger partial charge < -0.3 is 15.5 Å². The van der Waals surface area contributed by atoms with Crippen LogP contribution in [0.25, 0.3) is 0 Å². The summed E-state index contributed by atoms with van der Waals surface area (Å²) in [5, 5.41) is 5.49. The van der Waals surface area contributed by atoms with E-state index in [0.717, 1.165) is 11.1 Å². The molecule has 2 rings (SSSR count). The van der Waals surface area contributed by atoms with Crippen LogP contribution >= 0.6 is 0 Å². The number of carbonyl (C=O) groups excluding carboxylic acids is 1. The van der Waals surface area contributed by atoms with Crippen LogP contribution in [0, 0.1) is 11.6 Å². The SMILES string of the molecule is CN(C)C(CNC(=O)NCc1ccc(F)cc1)c1cccc(F)c1. The quantitative estimate of drug-likeness (QED) is 0.853. The molecule has 0 aliphatic carbocycles. The Morgan fingerprint density at radius 2 is 1.75 bits per heavy atom. The van der Waals surface area contributed by atoms with Gasteiger partial charge >= 0.3 is 6.03 Å². The first-order chi connectivity index (χ1) is 11.5. The Hall–Kier alpha value is -2.47. The highest BCUT2D eigenvalue weighted by Gasteiger charge is 2.15. The van der Waals surface area contributed by atoms with Crippen molar-refractivity contribution >= 4 is 6.03 Å². The highest BCUT2D eigenvalue weighted by Crippen LogP contribution is 2.18. The smallest absolute Gasteiger partial charge is 0.315 e. The monoisotopic (exact) mass is 333 g/mol. The highest BCUT2D eigenvalue weighted by atomic mass is 19.1. The van der Waals surface area contributed by atoms with Crippen LogP contribution in [-0.4, -0.2) is 31.6 Å². The second kappa shape index (κ2) is 8.40. The Morgan fingerprint density at radius 3 is 2.38 bits per heavy atom. The van der Waals surface area contributed by atoms with Gasteiger partial charge in [-0.2, -0.15) is 0 Å². The largest absolute Gasteiger partial charge is 0.336 e. The zero-order valence-corrected chi connectivity index (χ0v) is 13.7. The van der Waals surface area contributed by atoms with Crippen LogP contribution in [0.1, 0.15) is 17.2 Å². The first-order valence-corrected chi connectivity index (χ1v) is 7.64. The van der Waals surface area contributed by atoms with Gasteiger partial charge in [-0.05, 0) is 49.5 Å². The van der Waals surface area contributed by atoms with Crippen LogP contribution in [0.3, 0.4) is 0 Å². The minimum absolute atomic E-state index is 0.141. The number of hydrogen-bond acceptors (Lipinski definition) is 2. The average molecular weight is 333 g/mol. The lowest BCUT2D eigenvalue weighted by Gasteiger charge is -2.25. The topological polar surface area (TPSA) is 44.4 Å². The number of likely N-dealkylation sites (N-methyl/N-ethyl adjacent to an activating group) is 1. The Bertz CT molecular complexity index is 674. The minimum atomic E-state index is -0.331. The summed E-state index contributed by atoms with van der Waals surface area (Å²) < 4.78 is 26.2. The van der Waals surface area contributed by atoms with Crippen molar-refractivity contribution in [3.63, 3.8) is 0 Å². The van der Waals surface area contributed by atoms with Gasteiger partial charge in [0.2, 0.25) is 0 Å². The van der Waals surface area contributed by atoms with E-state index in [0.29, 0.717) is 13.1 Å². The van der Waals surface area contributed by atoms with E-state index in [2.05, 4.69) is 10.6 Å². The Labute approximate surface area is 140 Å². The second-order valence-corrected chi connectivity index (χ2v) is 5.72. The van der Waals surface area contributed by atoms with Crippen molar-refractivity contribution in [2.75, 3.05) is 20.6 Å². The maximum Gasteiger partial charge on any atom is 0.315 e. The van der Waals surface area contributed by atoms with E-state index >= 15 is 0 Å². The molecule has 0 heterocycles. The molecule has 0 radical (unpaired) electrons. The predicted octanol–water partition coefficient (Wildman–Crippen LogP) is 3.07. The lowest BCUT2D eigenvalue weighted by molar-refractivity contribution is 0.232. The summed E-state index contributed by atoms with van der Waals surface area (Å²) in [4.78, 5) is 13.8. The Morgan fingerprint density at radius 1 is 1.04 bits per heavy atom. The van der Waals surface area contributed by atoms with Crippen LogP contribution in [-0.2, 0) is 6.54 Å². The number of nitrogens with zero attached hydrogens (tertiary/aromatic N) is 1. The van der Waals surface area contributed by atoms with E-state index in [4.69, 9.17) is 0 Å². The molecule has 128 valence electrons. The van der Waals surface area contributed by atoms with Gasteiger partial charge in [0.05, 0.1) is 6.04 Å². The van der Waals surface area contributed by atoms with Gasteiger partial charge in [0.25, 0.3) is 0 Å². The lowest BCUT2D eigenvalue weighted by atomic mass is 10.1. The molecule has 0 fully saturated rings. The minimum Gasteiger partial charge on any atom is -0.336 e. The molecule has 6 heteroatoms. The number of carbonyl (C=O) groups is 1. The first-order valence-electron chi connectivity index (χ1n) is 7.64. The number of amides is 2. The fourth-order valence-corrected chi connectivity index (χ4v) is 2.35. The van der Waals surface area contributed by atoms with E-state index in [9.17, 15) is 13.6 Å². The van der Waals surface area contributed by atoms with Crippen molar-refractivity contribution in [2.45, 2.75) is 12.6 Å². The summed E-state index contributed by atoms with van der Waals surface area (Å²) >= 11 is 0. The molecule has 2 N–H and O–H groups in total. The summed E-state index contributed by atoms with van der Waals surface area (Å²) in [5.41, 5.74) is 1.60. The number of rotatable bonds is 6. The summed E-state index contributed by atoms with van der Waals surface area (Å²) in [7, 11) is 3.74. The fraction of sp³-hybridized carbons (Fsp3) is 0.278. The number of benzene rings is 2. The molecule has 0 bridgehead atoms. The standard InChI is InChI=1S/C18H21F2N3O/c1-23(2)17(14-4-3-5-16(20)10-14)12-22-18(24)21-11-13-6-8-15(19)9-7-13/h3-10,17H,11-12H2,1-2H3,(H2,21,22,24). The van der Waals surface area contributed by atoms with Gasteiger partial charge in [-0.15, -0.1) is 0 Å². The normalized spacial score (nSPS) is 12.0. The maximum absolute atomic E-state index is 13.4. The number of urea groups is 1. The van der Waals surface area contributed by atoms with E-state index in [-0.39, 0.29) is 23.7 Å². The third-order valence-electron chi connectivity index (χ3n) is 3.68. The molecule has 0 aliphatic rings. The molecule has 2 aromatic rings. The first kappa shape index (κ1) is 17.9. The van der Waals surface area contributed by atoms with Gasteiger partial charge in [0.15, 0.2) is 0 Å². The molecule has 0 saturated carbocycles.